The Morgan fingerprint density at radius 2 is 1.93 bits per heavy atom. The molecule has 0 radical (unpaired) electrons. The summed E-state index contributed by atoms with van der Waals surface area (Å²) in [5.74, 6) is -0.138. The molecule has 0 bridgehead atoms. The number of aromatic nitrogens is 2. The molecule has 3 aromatic rings. The van der Waals surface area contributed by atoms with E-state index in [-0.39, 0.29) is 15.9 Å². The molecule has 0 aliphatic carbocycles. The van der Waals surface area contributed by atoms with E-state index in [0.717, 1.165) is 17.7 Å². The fourth-order valence-corrected chi connectivity index (χ4v) is 5.21. The van der Waals surface area contributed by atoms with Gasteiger partial charge in [-0.05, 0) is 67.8 Å². The highest BCUT2D eigenvalue weighted by Gasteiger charge is 2.26. The van der Waals surface area contributed by atoms with Crippen LogP contribution in [-0.4, -0.2) is 31.1 Å². The number of rotatable bonds is 4. The molecule has 2 heterocycles. The molecule has 0 atom stereocenters. The number of benzene rings is 2. The van der Waals surface area contributed by atoms with Crippen molar-refractivity contribution in [2.24, 2.45) is 0 Å². The first-order valence-corrected chi connectivity index (χ1v) is 11.5. The van der Waals surface area contributed by atoms with E-state index in [9.17, 15) is 13.2 Å². The molecule has 1 aliphatic heterocycles. The highest BCUT2D eigenvalue weighted by atomic mass is 35.5. The van der Waals surface area contributed by atoms with Crippen LogP contribution in [0.1, 0.15) is 27.3 Å². The van der Waals surface area contributed by atoms with Crippen molar-refractivity contribution in [3.63, 3.8) is 0 Å². The van der Waals surface area contributed by atoms with Crippen molar-refractivity contribution in [3.05, 3.63) is 63.6 Å². The fourth-order valence-electron chi connectivity index (χ4n) is 3.21. The van der Waals surface area contributed by atoms with Gasteiger partial charge in [-0.1, -0.05) is 22.9 Å². The van der Waals surface area contributed by atoms with Crippen LogP contribution < -0.4 is 9.62 Å². The van der Waals surface area contributed by atoms with E-state index in [1.807, 2.05) is 0 Å². The minimum absolute atomic E-state index is 0.130. The summed E-state index contributed by atoms with van der Waals surface area (Å²) in [6.07, 6.45) is 1.44. The van der Waals surface area contributed by atoms with Crippen LogP contribution in [0.3, 0.4) is 0 Å². The van der Waals surface area contributed by atoms with Crippen molar-refractivity contribution in [2.45, 2.75) is 24.7 Å². The van der Waals surface area contributed by atoms with E-state index in [1.165, 1.54) is 17.4 Å². The summed E-state index contributed by atoms with van der Waals surface area (Å²) in [4.78, 5) is 14.7. The zero-order valence-corrected chi connectivity index (χ0v) is 17.8. The van der Waals surface area contributed by atoms with Gasteiger partial charge in [0.1, 0.15) is 5.01 Å². The number of carbonyl (C=O) groups is 1. The van der Waals surface area contributed by atoms with Crippen molar-refractivity contribution in [1.82, 2.24) is 10.2 Å². The lowest BCUT2D eigenvalue weighted by Gasteiger charge is -2.30. The lowest BCUT2D eigenvalue weighted by molar-refractivity contribution is 0.0985. The second-order valence-corrected chi connectivity index (χ2v) is 9.89. The molecule has 1 aliphatic rings. The summed E-state index contributed by atoms with van der Waals surface area (Å²) < 4.78 is 27.9. The van der Waals surface area contributed by atoms with E-state index < -0.39 is 10.0 Å². The number of aryl methyl sites for hydroxylation is 2. The Morgan fingerprint density at radius 3 is 2.62 bits per heavy atom. The molecule has 1 aromatic heterocycles. The van der Waals surface area contributed by atoms with Gasteiger partial charge in [0.2, 0.25) is 5.13 Å². The predicted octanol–water partition coefficient (Wildman–Crippen LogP) is 3.89. The summed E-state index contributed by atoms with van der Waals surface area (Å²) in [6, 6.07) is 11.5. The van der Waals surface area contributed by atoms with Crippen molar-refractivity contribution >= 4 is 49.7 Å². The molecular formula is C19H17ClN4O3S2. The maximum Gasteiger partial charge on any atom is 0.263 e. The summed E-state index contributed by atoms with van der Waals surface area (Å²) >= 11 is 7.07. The van der Waals surface area contributed by atoms with Gasteiger partial charge in [-0.2, -0.15) is 0 Å². The number of hydrogen-bond acceptors (Lipinski definition) is 6. The Kier molecular flexibility index (Phi) is 5.28. The van der Waals surface area contributed by atoms with Crippen LogP contribution in [0, 0.1) is 6.92 Å². The predicted molar refractivity (Wildman–Crippen MR) is 113 cm³/mol. The van der Waals surface area contributed by atoms with Crippen LogP contribution >= 0.6 is 22.9 Å². The molecule has 0 saturated carbocycles. The lowest BCUT2D eigenvalue weighted by atomic mass is 10.0. The van der Waals surface area contributed by atoms with Gasteiger partial charge in [-0.3, -0.25) is 9.52 Å². The van der Waals surface area contributed by atoms with E-state index >= 15 is 0 Å². The van der Waals surface area contributed by atoms with Crippen LogP contribution in [-0.2, 0) is 16.4 Å². The Morgan fingerprint density at radius 1 is 1.17 bits per heavy atom. The van der Waals surface area contributed by atoms with Crippen molar-refractivity contribution in [3.8, 4) is 0 Å². The number of sulfonamides is 1. The normalized spacial score (nSPS) is 13.8. The van der Waals surface area contributed by atoms with Gasteiger partial charge >= 0.3 is 0 Å². The summed E-state index contributed by atoms with van der Waals surface area (Å²) in [6.45, 7) is 2.32. The number of halogens is 1. The second-order valence-electron chi connectivity index (χ2n) is 6.59. The van der Waals surface area contributed by atoms with Gasteiger partial charge in [0.05, 0.1) is 4.90 Å². The molecule has 7 nitrogen and oxygen atoms in total. The molecule has 1 N–H and O–H groups in total. The molecular weight excluding hydrogens is 432 g/mol. The van der Waals surface area contributed by atoms with Gasteiger partial charge < -0.3 is 4.90 Å². The average Bonchev–Trinajstić information content (AvgIpc) is 3.11. The maximum absolute atomic E-state index is 12.9. The third-order valence-corrected chi connectivity index (χ3v) is 7.04. The first-order chi connectivity index (χ1) is 13.8. The Labute approximate surface area is 177 Å². The Balaban J connectivity index is 1.63. The zero-order chi connectivity index (χ0) is 20.6. The molecule has 2 aromatic carbocycles. The van der Waals surface area contributed by atoms with Crippen molar-refractivity contribution in [1.29, 1.82) is 0 Å². The van der Waals surface area contributed by atoms with Crippen LogP contribution in [0.5, 0.6) is 0 Å². The van der Waals surface area contributed by atoms with E-state index in [4.69, 9.17) is 11.6 Å². The average molecular weight is 449 g/mol. The molecule has 0 saturated heterocycles. The summed E-state index contributed by atoms with van der Waals surface area (Å²) in [5.41, 5.74) is 2.07. The molecule has 0 unspecified atom stereocenters. The van der Waals surface area contributed by atoms with Gasteiger partial charge in [0.25, 0.3) is 15.9 Å². The fraction of sp³-hybridized carbons (Fsp3) is 0.211. The molecule has 4 rings (SSSR count). The van der Waals surface area contributed by atoms with Crippen molar-refractivity contribution in [2.75, 3.05) is 16.2 Å². The highest BCUT2D eigenvalue weighted by molar-refractivity contribution is 7.93. The highest BCUT2D eigenvalue weighted by Crippen LogP contribution is 2.31. The molecule has 29 heavy (non-hydrogen) atoms. The van der Waals surface area contributed by atoms with Gasteiger partial charge in [0, 0.05) is 22.8 Å². The van der Waals surface area contributed by atoms with Gasteiger partial charge in [-0.15, -0.1) is 10.2 Å². The van der Waals surface area contributed by atoms with Crippen LogP contribution in [0.25, 0.3) is 0 Å². The SMILES string of the molecule is Cc1nnc(NS(=O)(=O)c2ccc3c(c2)CCCN3C(=O)c2ccc(Cl)cc2)s1. The molecule has 10 heteroatoms. The number of amides is 1. The largest absolute Gasteiger partial charge is 0.308 e. The van der Waals surface area contributed by atoms with Crippen LogP contribution in [0.4, 0.5) is 10.8 Å². The lowest BCUT2D eigenvalue weighted by Crippen LogP contribution is -2.35. The number of nitrogens with zero attached hydrogens (tertiary/aromatic N) is 3. The van der Waals surface area contributed by atoms with E-state index in [2.05, 4.69) is 14.9 Å². The smallest absolute Gasteiger partial charge is 0.263 e. The minimum atomic E-state index is -3.79. The second kappa shape index (κ2) is 7.74. The number of nitrogens with one attached hydrogen (secondary N) is 1. The Hall–Kier alpha value is -2.49. The third-order valence-electron chi connectivity index (χ3n) is 4.56. The first kappa shape index (κ1) is 19.8. The summed E-state index contributed by atoms with van der Waals surface area (Å²) in [5, 5.41) is 9.08. The molecule has 1 amide bonds. The quantitative estimate of drug-likeness (QED) is 0.653. The van der Waals surface area contributed by atoms with E-state index in [1.54, 1.807) is 48.2 Å². The monoisotopic (exact) mass is 448 g/mol. The maximum atomic E-state index is 12.9. The minimum Gasteiger partial charge on any atom is -0.308 e. The van der Waals surface area contributed by atoms with Gasteiger partial charge in [-0.25, -0.2) is 8.42 Å². The number of carbonyl (C=O) groups excluding carboxylic acids is 1. The number of hydrogen-bond donors (Lipinski definition) is 1. The first-order valence-electron chi connectivity index (χ1n) is 8.87. The molecule has 150 valence electrons. The molecule has 0 fully saturated rings. The number of anilines is 2. The van der Waals surface area contributed by atoms with Crippen LogP contribution in [0.2, 0.25) is 5.02 Å². The number of fused-ring (bicyclic) bond motifs is 1. The Bertz CT molecular complexity index is 1180. The zero-order valence-electron chi connectivity index (χ0n) is 15.4. The van der Waals surface area contributed by atoms with Crippen LogP contribution in [0.15, 0.2) is 47.4 Å². The third kappa shape index (κ3) is 4.12. The van der Waals surface area contributed by atoms with E-state index in [0.29, 0.717) is 28.6 Å². The molecule has 0 spiro atoms. The topological polar surface area (TPSA) is 92.3 Å². The summed E-state index contributed by atoms with van der Waals surface area (Å²) in [7, 11) is -3.79. The van der Waals surface area contributed by atoms with Crippen molar-refractivity contribution < 1.29 is 13.2 Å². The standard InChI is InChI=1S/C19H17ClN4O3S2/c1-12-21-22-19(28-12)23-29(26,27)16-8-9-17-14(11-16)3-2-10-24(17)18(25)13-4-6-15(20)7-5-13/h4-9,11H,2-3,10H2,1H3,(H,22,23). The van der Waals surface area contributed by atoms with Gasteiger partial charge in [0.15, 0.2) is 0 Å².